The lowest BCUT2D eigenvalue weighted by molar-refractivity contribution is -0.114. The van der Waals surface area contributed by atoms with Crippen molar-refractivity contribution in [3.05, 3.63) is 59.1 Å². The maximum absolute atomic E-state index is 11.1. The first-order chi connectivity index (χ1) is 13.0. The van der Waals surface area contributed by atoms with Gasteiger partial charge in [0.25, 0.3) is 0 Å². The molecule has 2 N–H and O–H groups in total. The van der Waals surface area contributed by atoms with Crippen LogP contribution in [0, 0.1) is 0 Å². The first-order valence-corrected chi connectivity index (χ1v) is 9.02. The quantitative estimate of drug-likeness (QED) is 0.253. The number of nitrogens with zero attached hydrogens (tertiary/aromatic N) is 2. The first kappa shape index (κ1) is 24.0. The fourth-order valence-corrected chi connectivity index (χ4v) is 2.78. The molecule has 0 aliphatic heterocycles. The number of guanidine groups is 1. The second kappa shape index (κ2) is 12.5. The lowest BCUT2D eigenvalue weighted by Gasteiger charge is -2.22. The molecule has 0 saturated carbocycles. The first-order valence-electron chi connectivity index (χ1n) is 8.64. The molecule has 0 atom stereocenters. The summed E-state index contributed by atoms with van der Waals surface area (Å²) < 4.78 is 5.73. The minimum absolute atomic E-state index is 0. The smallest absolute Gasteiger partial charge is 0.221 e. The van der Waals surface area contributed by atoms with Gasteiger partial charge in [-0.25, -0.2) is 0 Å². The van der Waals surface area contributed by atoms with Gasteiger partial charge in [0, 0.05) is 44.3 Å². The molecular formula is C20H26ClIN4O2. The number of anilines is 1. The van der Waals surface area contributed by atoms with E-state index in [0.29, 0.717) is 31.1 Å². The molecule has 0 aliphatic carbocycles. The molecule has 0 aromatic heterocycles. The Kier molecular flexibility index (Phi) is 10.7. The molecule has 0 spiro atoms. The molecule has 0 fully saturated rings. The van der Waals surface area contributed by atoms with Crippen LogP contribution in [0.15, 0.2) is 53.5 Å². The summed E-state index contributed by atoms with van der Waals surface area (Å²) in [6, 6.07) is 15.1. The second-order valence-electron chi connectivity index (χ2n) is 6.02. The van der Waals surface area contributed by atoms with Gasteiger partial charge in [-0.05, 0) is 29.8 Å². The van der Waals surface area contributed by atoms with Crippen LogP contribution in [0.1, 0.15) is 12.5 Å². The van der Waals surface area contributed by atoms with Gasteiger partial charge in [-0.2, -0.15) is 0 Å². The van der Waals surface area contributed by atoms with Crippen molar-refractivity contribution in [1.82, 2.24) is 10.2 Å². The Bertz CT molecular complexity index is 801. The topological polar surface area (TPSA) is 66.0 Å². The van der Waals surface area contributed by atoms with Gasteiger partial charge in [0.2, 0.25) is 5.91 Å². The third kappa shape index (κ3) is 8.35. The van der Waals surface area contributed by atoms with Crippen molar-refractivity contribution in [3.8, 4) is 5.75 Å². The number of ether oxygens (including phenoxy) is 1. The minimum atomic E-state index is -0.111. The molecule has 0 aliphatic rings. The Balaban J connectivity index is 0.00000392. The fraction of sp³-hybridized carbons (Fsp3) is 0.300. The number of rotatable bonds is 7. The largest absolute Gasteiger partial charge is 0.492 e. The Morgan fingerprint density at radius 3 is 2.64 bits per heavy atom. The summed E-state index contributed by atoms with van der Waals surface area (Å²) in [5.74, 6) is 1.36. The number of hydrogen-bond acceptors (Lipinski definition) is 3. The van der Waals surface area contributed by atoms with Crippen LogP contribution in [-0.2, 0) is 11.3 Å². The minimum Gasteiger partial charge on any atom is -0.492 e. The SMILES string of the molecule is CN=C(NCCOc1cccc(NC(C)=O)c1)N(C)Cc1cccc(Cl)c1.I. The Labute approximate surface area is 188 Å². The van der Waals surface area contributed by atoms with Crippen LogP contribution in [0.5, 0.6) is 5.75 Å². The molecule has 6 nitrogen and oxygen atoms in total. The summed E-state index contributed by atoms with van der Waals surface area (Å²) in [4.78, 5) is 17.4. The lowest BCUT2D eigenvalue weighted by atomic mass is 10.2. The number of amides is 1. The zero-order chi connectivity index (χ0) is 19.6. The van der Waals surface area contributed by atoms with Gasteiger partial charge < -0.3 is 20.3 Å². The van der Waals surface area contributed by atoms with E-state index in [1.807, 2.05) is 54.4 Å². The summed E-state index contributed by atoms with van der Waals surface area (Å²) in [5, 5.41) is 6.73. The molecule has 0 saturated heterocycles. The third-order valence-electron chi connectivity index (χ3n) is 3.69. The molecule has 28 heavy (non-hydrogen) atoms. The highest BCUT2D eigenvalue weighted by Gasteiger charge is 2.07. The summed E-state index contributed by atoms with van der Waals surface area (Å²) >= 11 is 6.04. The maximum Gasteiger partial charge on any atom is 0.221 e. The van der Waals surface area contributed by atoms with Gasteiger partial charge >= 0.3 is 0 Å². The Hall–Kier alpha value is -2.00. The van der Waals surface area contributed by atoms with E-state index in [0.717, 1.165) is 16.5 Å². The highest BCUT2D eigenvalue weighted by molar-refractivity contribution is 14.0. The summed E-state index contributed by atoms with van der Waals surface area (Å²) in [5.41, 5.74) is 1.82. The van der Waals surface area contributed by atoms with E-state index in [4.69, 9.17) is 16.3 Å². The van der Waals surface area contributed by atoms with E-state index in [9.17, 15) is 4.79 Å². The molecule has 2 aromatic rings. The monoisotopic (exact) mass is 516 g/mol. The molecule has 0 heterocycles. The molecule has 0 bridgehead atoms. The molecule has 1 amide bonds. The molecule has 2 rings (SSSR count). The van der Waals surface area contributed by atoms with Gasteiger partial charge in [-0.3, -0.25) is 9.79 Å². The van der Waals surface area contributed by atoms with Crippen molar-refractivity contribution < 1.29 is 9.53 Å². The van der Waals surface area contributed by atoms with Crippen LogP contribution in [0.4, 0.5) is 5.69 Å². The van der Waals surface area contributed by atoms with Gasteiger partial charge in [0.15, 0.2) is 5.96 Å². The number of aliphatic imine (C=N–C) groups is 1. The van der Waals surface area contributed by atoms with Crippen LogP contribution in [-0.4, -0.2) is 44.0 Å². The second-order valence-corrected chi connectivity index (χ2v) is 6.45. The molecule has 2 aromatic carbocycles. The normalized spacial score (nSPS) is 10.6. The van der Waals surface area contributed by atoms with Gasteiger partial charge in [0.05, 0.1) is 6.54 Å². The number of benzene rings is 2. The molecular weight excluding hydrogens is 491 g/mol. The standard InChI is InChI=1S/C20H25ClN4O2.HI/c1-15(26)24-18-8-5-9-19(13-18)27-11-10-23-20(22-2)25(3)14-16-6-4-7-17(21)12-16;/h4-9,12-13H,10-11,14H2,1-3H3,(H,22,23)(H,24,26);1H. The highest BCUT2D eigenvalue weighted by atomic mass is 127. The van der Waals surface area contributed by atoms with Crippen LogP contribution < -0.4 is 15.4 Å². The van der Waals surface area contributed by atoms with Crippen LogP contribution in [0.3, 0.4) is 0 Å². The average Bonchev–Trinajstić information content (AvgIpc) is 2.61. The predicted octanol–water partition coefficient (Wildman–Crippen LogP) is 4.00. The number of nitrogens with one attached hydrogen (secondary N) is 2. The Morgan fingerprint density at radius 1 is 1.21 bits per heavy atom. The van der Waals surface area contributed by atoms with E-state index in [2.05, 4.69) is 15.6 Å². The van der Waals surface area contributed by atoms with Crippen LogP contribution >= 0.6 is 35.6 Å². The van der Waals surface area contributed by atoms with Crippen molar-refractivity contribution in [2.45, 2.75) is 13.5 Å². The fourth-order valence-electron chi connectivity index (χ4n) is 2.57. The molecule has 8 heteroatoms. The number of halogens is 2. The van der Waals surface area contributed by atoms with E-state index >= 15 is 0 Å². The molecule has 152 valence electrons. The van der Waals surface area contributed by atoms with Crippen molar-refractivity contribution in [1.29, 1.82) is 0 Å². The van der Waals surface area contributed by atoms with E-state index in [1.54, 1.807) is 13.1 Å². The van der Waals surface area contributed by atoms with Crippen LogP contribution in [0.25, 0.3) is 0 Å². The number of carbonyl (C=O) groups excluding carboxylic acids is 1. The zero-order valence-electron chi connectivity index (χ0n) is 16.2. The number of carbonyl (C=O) groups is 1. The van der Waals surface area contributed by atoms with E-state index in [-0.39, 0.29) is 29.9 Å². The molecule has 0 radical (unpaired) electrons. The summed E-state index contributed by atoms with van der Waals surface area (Å²) in [6.45, 7) is 3.23. The van der Waals surface area contributed by atoms with Gasteiger partial charge in [-0.15, -0.1) is 24.0 Å². The van der Waals surface area contributed by atoms with Crippen molar-refractivity contribution in [3.63, 3.8) is 0 Å². The van der Waals surface area contributed by atoms with Crippen LogP contribution in [0.2, 0.25) is 5.02 Å². The van der Waals surface area contributed by atoms with Crippen molar-refractivity contribution in [2.24, 2.45) is 4.99 Å². The van der Waals surface area contributed by atoms with E-state index in [1.165, 1.54) is 6.92 Å². The average molecular weight is 517 g/mol. The summed E-state index contributed by atoms with van der Waals surface area (Å²) in [7, 11) is 3.71. The Morgan fingerprint density at radius 2 is 1.96 bits per heavy atom. The van der Waals surface area contributed by atoms with Gasteiger partial charge in [0.1, 0.15) is 12.4 Å². The van der Waals surface area contributed by atoms with E-state index < -0.39 is 0 Å². The summed E-state index contributed by atoms with van der Waals surface area (Å²) in [6.07, 6.45) is 0. The number of hydrogen-bond donors (Lipinski definition) is 2. The predicted molar refractivity (Wildman–Crippen MR) is 126 cm³/mol. The van der Waals surface area contributed by atoms with Crippen molar-refractivity contribution >= 4 is 53.1 Å². The molecule has 0 unspecified atom stereocenters. The third-order valence-corrected chi connectivity index (χ3v) is 3.93. The van der Waals surface area contributed by atoms with Gasteiger partial charge in [-0.1, -0.05) is 29.8 Å². The lowest BCUT2D eigenvalue weighted by Crippen LogP contribution is -2.40. The van der Waals surface area contributed by atoms with Crippen molar-refractivity contribution in [2.75, 3.05) is 32.6 Å². The maximum atomic E-state index is 11.1. The zero-order valence-corrected chi connectivity index (χ0v) is 19.3. The highest BCUT2D eigenvalue weighted by Crippen LogP contribution is 2.17.